The quantitative estimate of drug-likeness (QED) is 0.907. The molecule has 1 amide bonds. The van der Waals surface area contributed by atoms with Crippen LogP contribution in [0, 0.1) is 0 Å². The fourth-order valence-electron chi connectivity index (χ4n) is 3.01. The second-order valence-corrected chi connectivity index (χ2v) is 6.61. The van der Waals surface area contributed by atoms with Gasteiger partial charge in [-0.25, -0.2) is 4.68 Å². The molecular weight excluding hydrogens is 304 g/mol. The predicted molar refractivity (Wildman–Crippen MR) is 91.6 cm³/mol. The van der Waals surface area contributed by atoms with E-state index in [0.717, 1.165) is 25.1 Å². The van der Waals surface area contributed by atoms with Gasteiger partial charge >= 0.3 is 0 Å². The van der Waals surface area contributed by atoms with E-state index in [2.05, 4.69) is 59.0 Å². The van der Waals surface area contributed by atoms with Gasteiger partial charge in [-0.1, -0.05) is 26.0 Å². The maximum Gasteiger partial charge on any atom is 0.244 e. The summed E-state index contributed by atoms with van der Waals surface area (Å²) >= 11 is 0. The Kier molecular flexibility index (Phi) is 5.08. The number of tetrazole rings is 1. The Morgan fingerprint density at radius 1 is 1.33 bits per heavy atom. The monoisotopic (exact) mass is 328 g/mol. The lowest BCUT2D eigenvalue weighted by atomic mass is 10.0. The number of piperidine rings is 1. The summed E-state index contributed by atoms with van der Waals surface area (Å²) in [6.07, 6.45) is 3.54. The number of nitrogens with zero attached hydrogens (tertiary/aromatic N) is 5. The molecule has 2 heterocycles. The number of anilines is 1. The zero-order valence-electron chi connectivity index (χ0n) is 14.2. The number of aromatic nitrogens is 4. The van der Waals surface area contributed by atoms with Crippen LogP contribution in [0.1, 0.15) is 38.2 Å². The van der Waals surface area contributed by atoms with Crippen LogP contribution in [0.25, 0.3) is 0 Å². The first-order valence-corrected chi connectivity index (χ1v) is 8.47. The summed E-state index contributed by atoms with van der Waals surface area (Å²) in [6.45, 7) is 6.09. The number of rotatable bonds is 5. The van der Waals surface area contributed by atoms with E-state index in [0.29, 0.717) is 12.5 Å². The fourth-order valence-corrected chi connectivity index (χ4v) is 3.01. The average molecular weight is 328 g/mol. The molecule has 1 aromatic heterocycles. The molecule has 1 aliphatic rings. The normalized spacial score (nSPS) is 18.0. The zero-order valence-corrected chi connectivity index (χ0v) is 14.2. The molecule has 0 spiro atoms. The van der Waals surface area contributed by atoms with Crippen LogP contribution in [-0.2, 0) is 11.3 Å². The maximum atomic E-state index is 12.4. The van der Waals surface area contributed by atoms with Crippen molar-refractivity contribution in [3.8, 4) is 0 Å². The van der Waals surface area contributed by atoms with Crippen molar-refractivity contribution < 1.29 is 4.79 Å². The van der Waals surface area contributed by atoms with Crippen molar-refractivity contribution >= 4 is 11.6 Å². The molecule has 0 radical (unpaired) electrons. The molecule has 1 unspecified atom stereocenters. The number of carbonyl (C=O) groups is 1. The third-order valence-corrected chi connectivity index (χ3v) is 4.41. The highest BCUT2D eigenvalue weighted by molar-refractivity contribution is 5.76. The summed E-state index contributed by atoms with van der Waals surface area (Å²) in [7, 11) is 0. The molecule has 128 valence electrons. The molecule has 2 aromatic rings. The maximum absolute atomic E-state index is 12.4. The Labute approximate surface area is 142 Å². The second-order valence-electron chi connectivity index (χ2n) is 6.61. The van der Waals surface area contributed by atoms with Gasteiger partial charge in [0.25, 0.3) is 0 Å². The first kappa shape index (κ1) is 16.4. The van der Waals surface area contributed by atoms with E-state index in [1.165, 1.54) is 16.6 Å². The number of likely N-dealkylation sites (tertiary alicyclic amines) is 1. The van der Waals surface area contributed by atoms with Gasteiger partial charge in [0.05, 0.1) is 0 Å². The van der Waals surface area contributed by atoms with Crippen LogP contribution in [0.15, 0.2) is 30.6 Å². The summed E-state index contributed by atoms with van der Waals surface area (Å²) in [6, 6.07) is 8.85. The van der Waals surface area contributed by atoms with Crippen molar-refractivity contribution in [2.45, 2.75) is 45.2 Å². The van der Waals surface area contributed by atoms with E-state index >= 15 is 0 Å². The number of nitrogens with one attached hydrogen (secondary N) is 1. The molecule has 7 nitrogen and oxygen atoms in total. The van der Waals surface area contributed by atoms with Crippen LogP contribution < -0.4 is 5.32 Å². The minimum absolute atomic E-state index is 0.0592. The van der Waals surface area contributed by atoms with Gasteiger partial charge in [0.2, 0.25) is 5.91 Å². The third-order valence-electron chi connectivity index (χ3n) is 4.41. The van der Waals surface area contributed by atoms with Crippen molar-refractivity contribution in [1.82, 2.24) is 25.1 Å². The molecule has 1 fully saturated rings. The predicted octanol–water partition coefficient (Wildman–Crippen LogP) is 1.90. The molecule has 0 bridgehead atoms. The van der Waals surface area contributed by atoms with Crippen molar-refractivity contribution in [1.29, 1.82) is 0 Å². The third kappa shape index (κ3) is 4.10. The number of hydrogen-bond donors (Lipinski definition) is 1. The van der Waals surface area contributed by atoms with Gasteiger partial charge in [-0.15, -0.1) is 5.10 Å². The topological polar surface area (TPSA) is 75.9 Å². The fraction of sp³-hybridized carbons (Fsp3) is 0.529. The van der Waals surface area contributed by atoms with Crippen molar-refractivity contribution in [2.75, 3.05) is 18.4 Å². The molecule has 24 heavy (non-hydrogen) atoms. The minimum Gasteiger partial charge on any atom is -0.381 e. The van der Waals surface area contributed by atoms with Crippen LogP contribution >= 0.6 is 0 Å². The molecule has 0 saturated carbocycles. The highest BCUT2D eigenvalue weighted by Crippen LogP contribution is 2.20. The molecule has 1 N–H and O–H groups in total. The molecule has 1 aromatic carbocycles. The van der Waals surface area contributed by atoms with E-state index in [9.17, 15) is 4.79 Å². The van der Waals surface area contributed by atoms with Crippen molar-refractivity contribution in [3.63, 3.8) is 0 Å². The number of amides is 1. The van der Waals surface area contributed by atoms with Gasteiger partial charge in [0.1, 0.15) is 12.9 Å². The molecule has 0 aliphatic carbocycles. The van der Waals surface area contributed by atoms with Crippen LogP contribution in [0.4, 0.5) is 5.69 Å². The largest absolute Gasteiger partial charge is 0.381 e. The molecule has 1 saturated heterocycles. The van der Waals surface area contributed by atoms with Crippen molar-refractivity contribution in [2.24, 2.45) is 0 Å². The summed E-state index contributed by atoms with van der Waals surface area (Å²) in [5.74, 6) is 0.595. The van der Waals surface area contributed by atoms with E-state index in [4.69, 9.17) is 0 Å². The van der Waals surface area contributed by atoms with Gasteiger partial charge in [0, 0.05) is 24.8 Å². The number of hydrogen-bond acceptors (Lipinski definition) is 5. The Bertz CT molecular complexity index is 652. The molecule has 1 aliphatic heterocycles. The van der Waals surface area contributed by atoms with Crippen LogP contribution in [0.2, 0.25) is 0 Å². The average Bonchev–Trinajstić information content (AvgIpc) is 3.08. The van der Waals surface area contributed by atoms with Crippen molar-refractivity contribution in [3.05, 3.63) is 36.2 Å². The SMILES string of the molecule is CC(C)c1ccc(NC2CCCN(C(=O)Cn3cnnn3)C2)cc1. The highest BCUT2D eigenvalue weighted by atomic mass is 16.2. The van der Waals surface area contributed by atoms with E-state index in [-0.39, 0.29) is 18.5 Å². The summed E-state index contributed by atoms with van der Waals surface area (Å²) in [4.78, 5) is 14.3. The van der Waals surface area contributed by atoms with Gasteiger partial charge < -0.3 is 10.2 Å². The van der Waals surface area contributed by atoms with Gasteiger partial charge in [-0.05, 0) is 46.9 Å². The lowest BCUT2D eigenvalue weighted by Gasteiger charge is -2.33. The first-order chi connectivity index (χ1) is 11.6. The standard InChI is InChI=1S/C17H24N6O/c1-13(2)14-5-7-15(8-6-14)19-16-4-3-9-22(10-16)17(24)11-23-12-18-20-21-23/h5-8,12-13,16,19H,3-4,9-11H2,1-2H3. The lowest BCUT2D eigenvalue weighted by Crippen LogP contribution is -2.46. The summed E-state index contributed by atoms with van der Waals surface area (Å²) in [5, 5.41) is 14.4. The van der Waals surface area contributed by atoms with E-state index in [1.54, 1.807) is 0 Å². The van der Waals surface area contributed by atoms with Gasteiger partial charge in [0.15, 0.2) is 0 Å². The number of benzene rings is 1. The zero-order chi connectivity index (χ0) is 16.9. The van der Waals surface area contributed by atoms with E-state index in [1.807, 2.05) is 4.90 Å². The molecule has 7 heteroatoms. The van der Waals surface area contributed by atoms with Gasteiger partial charge in [-0.2, -0.15) is 0 Å². The van der Waals surface area contributed by atoms with Gasteiger partial charge in [-0.3, -0.25) is 4.79 Å². The highest BCUT2D eigenvalue weighted by Gasteiger charge is 2.23. The molecule has 1 atom stereocenters. The Morgan fingerprint density at radius 2 is 2.12 bits per heavy atom. The molecule has 3 rings (SSSR count). The Morgan fingerprint density at radius 3 is 2.79 bits per heavy atom. The summed E-state index contributed by atoms with van der Waals surface area (Å²) < 4.78 is 1.46. The Hall–Kier alpha value is -2.44. The minimum atomic E-state index is 0.0592. The van der Waals surface area contributed by atoms with Crippen LogP contribution in [-0.4, -0.2) is 50.1 Å². The second kappa shape index (κ2) is 7.42. The Balaban J connectivity index is 1.56. The number of carbonyl (C=O) groups excluding carboxylic acids is 1. The molecular formula is C17H24N6O. The van der Waals surface area contributed by atoms with Crippen LogP contribution in [0.3, 0.4) is 0 Å². The van der Waals surface area contributed by atoms with Crippen LogP contribution in [0.5, 0.6) is 0 Å². The lowest BCUT2D eigenvalue weighted by molar-refractivity contribution is -0.133. The first-order valence-electron chi connectivity index (χ1n) is 8.47. The summed E-state index contributed by atoms with van der Waals surface area (Å²) in [5.41, 5.74) is 2.45. The van der Waals surface area contributed by atoms with E-state index < -0.39 is 0 Å². The smallest absolute Gasteiger partial charge is 0.244 e.